The van der Waals surface area contributed by atoms with Crippen LogP contribution in [0.2, 0.25) is 5.02 Å². The van der Waals surface area contributed by atoms with Crippen LogP contribution in [0, 0.1) is 0 Å². The molecule has 1 heterocycles. The van der Waals surface area contributed by atoms with Crippen LogP contribution in [0.3, 0.4) is 0 Å². The summed E-state index contributed by atoms with van der Waals surface area (Å²) in [7, 11) is 0. The highest BCUT2D eigenvalue weighted by Gasteiger charge is 2.23. The number of carbonyl (C=O) groups is 1. The van der Waals surface area contributed by atoms with E-state index in [0.29, 0.717) is 10.6 Å². The number of carboxylic acids is 1. The van der Waals surface area contributed by atoms with E-state index in [1.54, 1.807) is 24.3 Å². The van der Waals surface area contributed by atoms with E-state index in [-0.39, 0.29) is 11.3 Å². The molecule has 0 amide bonds. The van der Waals surface area contributed by atoms with Crippen LogP contribution >= 0.6 is 11.6 Å². The molecule has 1 aromatic heterocycles. The summed E-state index contributed by atoms with van der Waals surface area (Å²) in [6.07, 6.45) is 0.0311. The fourth-order valence-corrected chi connectivity index (χ4v) is 1.79. The van der Waals surface area contributed by atoms with E-state index in [9.17, 15) is 9.90 Å². The number of aliphatic hydroxyl groups is 1. The first-order valence-corrected chi connectivity index (χ1v) is 5.22. The Morgan fingerprint density at radius 1 is 1.29 bits per heavy atom. The van der Waals surface area contributed by atoms with Crippen LogP contribution in [0.15, 0.2) is 41.0 Å². The number of carboxylic acid groups (broad SMARTS) is 1. The molecule has 88 valence electrons. The van der Waals surface area contributed by atoms with Gasteiger partial charge in [-0.25, -0.2) is 4.79 Å². The number of furan rings is 1. The Morgan fingerprint density at radius 2 is 2.00 bits per heavy atom. The summed E-state index contributed by atoms with van der Waals surface area (Å²) in [4.78, 5) is 10.9. The smallest absolute Gasteiger partial charge is 0.339 e. The third kappa shape index (κ3) is 2.18. The number of hydrogen-bond acceptors (Lipinski definition) is 3. The van der Waals surface area contributed by atoms with Gasteiger partial charge in [0.2, 0.25) is 0 Å². The van der Waals surface area contributed by atoms with Crippen LogP contribution in [0.4, 0.5) is 0 Å². The molecule has 1 aromatic carbocycles. The molecule has 0 aliphatic rings. The van der Waals surface area contributed by atoms with Crippen molar-refractivity contribution in [2.75, 3.05) is 0 Å². The van der Waals surface area contributed by atoms with E-state index in [1.165, 1.54) is 12.3 Å². The average molecular weight is 253 g/mol. The Labute approximate surface area is 102 Å². The highest BCUT2D eigenvalue weighted by molar-refractivity contribution is 6.31. The Hall–Kier alpha value is -1.78. The molecule has 0 fully saturated rings. The SMILES string of the molecule is O=C(O)c1ccoc1C(O)c1ccccc1Cl. The molecule has 1 unspecified atom stereocenters. The van der Waals surface area contributed by atoms with Gasteiger partial charge in [-0.1, -0.05) is 29.8 Å². The lowest BCUT2D eigenvalue weighted by atomic mass is 10.0. The summed E-state index contributed by atoms with van der Waals surface area (Å²) in [5.41, 5.74) is 0.337. The molecule has 0 aliphatic heterocycles. The van der Waals surface area contributed by atoms with E-state index < -0.39 is 12.1 Å². The van der Waals surface area contributed by atoms with E-state index in [1.807, 2.05) is 0 Å². The number of rotatable bonds is 3. The van der Waals surface area contributed by atoms with Crippen molar-refractivity contribution in [2.45, 2.75) is 6.10 Å². The van der Waals surface area contributed by atoms with Crippen molar-refractivity contribution in [3.63, 3.8) is 0 Å². The molecular weight excluding hydrogens is 244 g/mol. The van der Waals surface area contributed by atoms with Gasteiger partial charge in [0.15, 0.2) is 5.76 Å². The van der Waals surface area contributed by atoms with Crippen LogP contribution in [0.1, 0.15) is 27.8 Å². The van der Waals surface area contributed by atoms with Gasteiger partial charge in [-0.2, -0.15) is 0 Å². The standard InChI is InChI=1S/C12H9ClO4/c13-9-4-2-1-3-7(9)10(14)11-8(12(15)16)5-6-17-11/h1-6,10,14H,(H,15,16). The number of aliphatic hydroxyl groups excluding tert-OH is 1. The molecular formula is C12H9ClO4. The number of halogens is 1. The van der Waals surface area contributed by atoms with Gasteiger partial charge in [0, 0.05) is 10.6 Å². The quantitative estimate of drug-likeness (QED) is 0.881. The third-order valence-electron chi connectivity index (χ3n) is 2.37. The molecule has 0 aliphatic carbocycles. The zero-order chi connectivity index (χ0) is 12.4. The molecule has 2 rings (SSSR count). The molecule has 4 nitrogen and oxygen atoms in total. The molecule has 1 atom stereocenters. The van der Waals surface area contributed by atoms with Gasteiger partial charge < -0.3 is 14.6 Å². The molecule has 0 spiro atoms. The van der Waals surface area contributed by atoms with Gasteiger partial charge in [-0.3, -0.25) is 0 Å². The summed E-state index contributed by atoms with van der Waals surface area (Å²) < 4.78 is 5.01. The lowest BCUT2D eigenvalue weighted by molar-refractivity contribution is 0.0687. The van der Waals surface area contributed by atoms with Crippen LogP contribution in [-0.2, 0) is 0 Å². The Bertz CT molecular complexity index is 547. The molecule has 17 heavy (non-hydrogen) atoms. The first-order chi connectivity index (χ1) is 8.11. The largest absolute Gasteiger partial charge is 0.478 e. The summed E-state index contributed by atoms with van der Waals surface area (Å²) >= 11 is 5.92. The van der Waals surface area contributed by atoms with Crippen molar-refractivity contribution in [3.05, 3.63) is 58.5 Å². The molecule has 2 N–H and O–H groups in total. The Kier molecular flexibility index (Phi) is 3.17. The molecule has 0 saturated heterocycles. The second kappa shape index (κ2) is 4.61. The molecule has 0 radical (unpaired) electrons. The van der Waals surface area contributed by atoms with Crippen molar-refractivity contribution < 1.29 is 19.4 Å². The molecule has 0 saturated carbocycles. The fraction of sp³-hybridized carbons (Fsp3) is 0.0833. The fourth-order valence-electron chi connectivity index (χ4n) is 1.55. The summed E-state index contributed by atoms with van der Waals surface area (Å²) in [6.45, 7) is 0. The van der Waals surface area contributed by atoms with Gasteiger partial charge in [-0.05, 0) is 12.1 Å². The maximum atomic E-state index is 10.9. The van der Waals surface area contributed by atoms with Crippen LogP contribution in [0.5, 0.6) is 0 Å². The first-order valence-electron chi connectivity index (χ1n) is 4.84. The van der Waals surface area contributed by atoms with Crippen LogP contribution in [0.25, 0.3) is 0 Å². The van der Waals surface area contributed by atoms with Crippen LogP contribution < -0.4 is 0 Å². The van der Waals surface area contributed by atoms with Gasteiger partial charge in [0.25, 0.3) is 0 Å². The first kappa shape index (κ1) is 11.7. The highest BCUT2D eigenvalue weighted by Crippen LogP contribution is 2.30. The number of aromatic carboxylic acids is 1. The Balaban J connectivity index is 2.44. The van der Waals surface area contributed by atoms with Crippen molar-refractivity contribution in [2.24, 2.45) is 0 Å². The summed E-state index contributed by atoms with van der Waals surface area (Å²) in [5.74, 6) is -1.18. The summed E-state index contributed by atoms with van der Waals surface area (Å²) in [5, 5.41) is 19.3. The topological polar surface area (TPSA) is 70.7 Å². The average Bonchev–Trinajstić information content (AvgIpc) is 2.77. The monoisotopic (exact) mass is 252 g/mol. The second-order valence-corrected chi connectivity index (χ2v) is 3.83. The minimum atomic E-state index is -1.19. The van der Waals surface area contributed by atoms with Gasteiger partial charge in [0.1, 0.15) is 11.7 Å². The normalized spacial score (nSPS) is 12.4. The molecule has 0 bridgehead atoms. The summed E-state index contributed by atoms with van der Waals surface area (Å²) in [6, 6.07) is 7.94. The minimum absolute atomic E-state index is 0.0226. The van der Waals surface area contributed by atoms with Crippen molar-refractivity contribution in [3.8, 4) is 0 Å². The van der Waals surface area contributed by atoms with Gasteiger partial charge >= 0.3 is 5.97 Å². The molecule has 5 heteroatoms. The van der Waals surface area contributed by atoms with E-state index in [2.05, 4.69) is 0 Å². The maximum Gasteiger partial charge on any atom is 0.339 e. The number of hydrogen-bond donors (Lipinski definition) is 2. The van der Waals surface area contributed by atoms with Crippen molar-refractivity contribution in [1.29, 1.82) is 0 Å². The van der Waals surface area contributed by atoms with Crippen LogP contribution in [-0.4, -0.2) is 16.2 Å². The maximum absolute atomic E-state index is 10.9. The predicted octanol–water partition coefficient (Wildman–Crippen LogP) is 2.71. The third-order valence-corrected chi connectivity index (χ3v) is 2.72. The lowest BCUT2D eigenvalue weighted by Crippen LogP contribution is -2.06. The number of benzene rings is 1. The Morgan fingerprint density at radius 3 is 2.65 bits per heavy atom. The van der Waals surface area contributed by atoms with Gasteiger partial charge in [-0.15, -0.1) is 0 Å². The lowest BCUT2D eigenvalue weighted by Gasteiger charge is -2.10. The van der Waals surface area contributed by atoms with Crippen molar-refractivity contribution >= 4 is 17.6 Å². The molecule has 2 aromatic rings. The second-order valence-electron chi connectivity index (χ2n) is 3.43. The van der Waals surface area contributed by atoms with Crippen molar-refractivity contribution in [1.82, 2.24) is 0 Å². The highest BCUT2D eigenvalue weighted by atomic mass is 35.5. The van der Waals surface area contributed by atoms with Gasteiger partial charge in [0.05, 0.1) is 6.26 Å². The van der Waals surface area contributed by atoms with E-state index in [4.69, 9.17) is 21.1 Å². The van der Waals surface area contributed by atoms with E-state index in [0.717, 1.165) is 0 Å². The minimum Gasteiger partial charge on any atom is -0.478 e. The predicted molar refractivity (Wildman–Crippen MR) is 61.2 cm³/mol. The zero-order valence-corrected chi connectivity index (χ0v) is 9.39. The van der Waals surface area contributed by atoms with E-state index >= 15 is 0 Å². The zero-order valence-electron chi connectivity index (χ0n) is 8.63.